The molecule has 0 aliphatic carbocycles. The fraction of sp³-hybridized carbons (Fsp3) is 0.600. The topological polar surface area (TPSA) is 80.0 Å². The van der Waals surface area contributed by atoms with E-state index in [0.29, 0.717) is 6.54 Å². The minimum absolute atomic E-state index is 0. The monoisotopic (exact) mass is 461 g/mol. The summed E-state index contributed by atoms with van der Waals surface area (Å²) in [6.07, 6.45) is 2.18. The van der Waals surface area contributed by atoms with Gasteiger partial charge in [0.2, 0.25) is 0 Å². The Labute approximate surface area is 163 Å². The number of guanidine groups is 1. The molecule has 0 unspecified atom stereocenters. The molecule has 2 aromatic heterocycles. The number of fused-ring (bicyclic) bond motifs is 1. The molecule has 0 amide bonds. The average Bonchev–Trinajstić information content (AvgIpc) is 3.19. The van der Waals surface area contributed by atoms with E-state index < -0.39 is 0 Å². The Morgan fingerprint density at radius 2 is 2.12 bits per heavy atom. The molecule has 1 aliphatic heterocycles. The predicted molar refractivity (Wildman–Crippen MR) is 107 cm³/mol. The summed E-state index contributed by atoms with van der Waals surface area (Å²) in [6.45, 7) is 9.26. The first kappa shape index (κ1) is 19.1. The lowest BCUT2D eigenvalue weighted by atomic mass is 10.4. The van der Waals surface area contributed by atoms with Crippen LogP contribution in [0.2, 0.25) is 0 Å². The molecule has 0 atom stereocenters. The van der Waals surface area contributed by atoms with Crippen LogP contribution in [0.25, 0.3) is 0 Å². The van der Waals surface area contributed by atoms with Crippen LogP contribution in [0.1, 0.15) is 40.6 Å². The van der Waals surface area contributed by atoms with E-state index in [1.807, 2.05) is 13.8 Å². The van der Waals surface area contributed by atoms with Crippen molar-refractivity contribution in [3.8, 4) is 0 Å². The molecule has 0 radical (unpaired) electrons. The summed E-state index contributed by atoms with van der Waals surface area (Å²) in [4.78, 5) is 10.3. The Bertz CT molecular complexity index is 707. The largest absolute Gasteiger partial charge is 0.357 e. The standard InChI is InChI=1S/C15H23N7S.HI/c1-4-16-15(17-8-12-10(2)19-11(3)23-12)18-9-14-21-20-13-6-5-7-22(13)14;/h4-9H2,1-3H3,(H2,16,17,18);1H. The number of hydrogen-bond acceptors (Lipinski definition) is 5. The first-order valence-electron chi connectivity index (χ1n) is 8.03. The first-order valence-corrected chi connectivity index (χ1v) is 8.85. The van der Waals surface area contributed by atoms with Crippen molar-refractivity contribution in [1.29, 1.82) is 0 Å². The Kier molecular flexibility index (Phi) is 6.96. The number of nitrogens with zero attached hydrogens (tertiary/aromatic N) is 5. The van der Waals surface area contributed by atoms with Crippen LogP contribution in [0.4, 0.5) is 0 Å². The van der Waals surface area contributed by atoms with Gasteiger partial charge in [0.15, 0.2) is 11.8 Å². The molecule has 0 fully saturated rings. The van der Waals surface area contributed by atoms with Gasteiger partial charge in [-0.2, -0.15) is 0 Å². The van der Waals surface area contributed by atoms with Crippen LogP contribution < -0.4 is 10.6 Å². The van der Waals surface area contributed by atoms with Gasteiger partial charge in [-0.05, 0) is 27.2 Å². The number of rotatable bonds is 5. The quantitative estimate of drug-likeness (QED) is 0.406. The smallest absolute Gasteiger partial charge is 0.191 e. The van der Waals surface area contributed by atoms with E-state index in [1.165, 1.54) is 4.88 Å². The van der Waals surface area contributed by atoms with Gasteiger partial charge in [-0.15, -0.1) is 45.5 Å². The first-order chi connectivity index (χ1) is 11.2. The third-order valence-corrected chi connectivity index (χ3v) is 4.90. The zero-order valence-corrected chi connectivity index (χ0v) is 17.4. The number of thiazole rings is 1. The molecule has 0 spiro atoms. The minimum atomic E-state index is 0. The molecule has 3 rings (SSSR count). The van der Waals surface area contributed by atoms with E-state index >= 15 is 0 Å². The minimum Gasteiger partial charge on any atom is -0.357 e. The summed E-state index contributed by atoms with van der Waals surface area (Å²) in [5.41, 5.74) is 1.09. The molecule has 132 valence electrons. The molecule has 0 saturated carbocycles. The normalized spacial score (nSPS) is 13.5. The van der Waals surface area contributed by atoms with Crippen molar-refractivity contribution >= 4 is 41.3 Å². The number of aliphatic imine (C=N–C) groups is 1. The lowest BCUT2D eigenvalue weighted by molar-refractivity contribution is 0.684. The highest BCUT2D eigenvalue weighted by Crippen LogP contribution is 2.17. The molecule has 0 saturated heterocycles. The van der Waals surface area contributed by atoms with E-state index in [4.69, 9.17) is 0 Å². The molecule has 0 bridgehead atoms. The van der Waals surface area contributed by atoms with Crippen molar-refractivity contribution in [3.05, 3.63) is 27.2 Å². The Hall–Kier alpha value is -1.23. The predicted octanol–water partition coefficient (Wildman–Crippen LogP) is 2.17. The van der Waals surface area contributed by atoms with E-state index in [2.05, 4.69) is 42.3 Å². The summed E-state index contributed by atoms with van der Waals surface area (Å²) >= 11 is 1.72. The summed E-state index contributed by atoms with van der Waals surface area (Å²) in [5, 5.41) is 16.2. The Morgan fingerprint density at radius 3 is 2.83 bits per heavy atom. The van der Waals surface area contributed by atoms with E-state index in [0.717, 1.165) is 60.8 Å². The number of hydrogen-bond donors (Lipinski definition) is 2. The molecular formula is C15H24IN7S. The van der Waals surface area contributed by atoms with Gasteiger partial charge >= 0.3 is 0 Å². The zero-order chi connectivity index (χ0) is 16.2. The summed E-state index contributed by atoms with van der Waals surface area (Å²) < 4.78 is 2.18. The van der Waals surface area contributed by atoms with Crippen LogP contribution in [0.15, 0.2) is 4.99 Å². The number of aromatic nitrogens is 4. The third-order valence-electron chi connectivity index (χ3n) is 3.82. The maximum absolute atomic E-state index is 4.64. The van der Waals surface area contributed by atoms with Crippen LogP contribution in [0, 0.1) is 13.8 Å². The van der Waals surface area contributed by atoms with E-state index in [9.17, 15) is 0 Å². The van der Waals surface area contributed by atoms with E-state index in [-0.39, 0.29) is 24.0 Å². The van der Waals surface area contributed by atoms with Gasteiger partial charge in [0.1, 0.15) is 12.4 Å². The van der Waals surface area contributed by atoms with Crippen LogP contribution in [-0.4, -0.2) is 32.3 Å². The lowest BCUT2D eigenvalue weighted by Crippen LogP contribution is -2.36. The van der Waals surface area contributed by atoms with Gasteiger partial charge in [-0.1, -0.05) is 0 Å². The van der Waals surface area contributed by atoms with Gasteiger partial charge in [0.05, 0.1) is 17.2 Å². The summed E-state index contributed by atoms with van der Waals surface area (Å²) in [5.74, 6) is 2.83. The van der Waals surface area contributed by atoms with Crippen LogP contribution in [0.3, 0.4) is 0 Å². The summed E-state index contributed by atoms with van der Waals surface area (Å²) in [7, 11) is 0. The Morgan fingerprint density at radius 1 is 1.29 bits per heavy atom. The van der Waals surface area contributed by atoms with Gasteiger partial charge in [-0.3, -0.25) is 0 Å². The highest BCUT2D eigenvalue weighted by atomic mass is 127. The fourth-order valence-corrected chi connectivity index (χ4v) is 3.60. The van der Waals surface area contributed by atoms with Crippen LogP contribution in [0.5, 0.6) is 0 Å². The third kappa shape index (κ3) is 4.44. The van der Waals surface area contributed by atoms with Crippen LogP contribution >= 0.6 is 35.3 Å². The number of halogens is 1. The highest BCUT2D eigenvalue weighted by Gasteiger charge is 2.16. The van der Waals surface area contributed by atoms with Crippen LogP contribution in [-0.2, 0) is 26.1 Å². The average molecular weight is 461 g/mol. The van der Waals surface area contributed by atoms with Gasteiger partial charge < -0.3 is 15.2 Å². The highest BCUT2D eigenvalue weighted by molar-refractivity contribution is 14.0. The van der Waals surface area contributed by atoms with E-state index in [1.54, 1.807) is 11.3 Å². The molecule has 0 aromatic carbocycles. The van der Waals surface area contributed by atoms with Gasteiger partial charge in [0.25, 0.3) is 0 Å². The SMILES string of the molecule is CCNC(=NCc1nnc2n1CCC2)NCc1sc(C)nc1C.I. The van der Waals surface area contributed by atoms with Crippen molar-refractivity contribution in [2.75, 3.05) is 6.54 Å². The molecule has 2 aromatic rings. The number of nitrogens with one attached hydrogen (secondary N) is 2. The number of aryl methyl sites for hydroxylation is 3. The molecule has 24 heavy (non-hydrogen) atoms. The lowest BCUT2D eigenvalue weighted by Gasteiger charge is -2.10. The van der Waals surface area contributed by atoms with Crippen molar-refractivity contribution in [3.63, 3.8) is 0 Å². The summed E-state index contributed by atoms with van der Waals surface area (Å²) in [6, 6.07) is 0. The molecule has 7 nitrogen and oxygen atoms in total. The van der Waals surface area contributed by atoms with Gasteiger partial charge in [0, 0.05) is 24.4 Å². The van der Waals surface area contributed by atoms with Gasteiger partial charge in [-0.25, -0.2) is 9.98 Å². The zero-order valence-electron chi connectivity index (χ0n) is 14.3. The molecular weight excluding hydrogens is 437 g/mol. The second-order valence-electron chi connectivity index (χ2n) is 5.58. The molecule has 1 aliphatic rings. The van der Waals surface area contributed by atoms with Crippen molar-refractivity contribution in [1.82, 2.24) is 30.4 Å². The van der Waals surface area contributed by atoms with Crippen molar-refractivity contribution in [2.24, 2.45) is 4.99 Å². The fourth-order valence-electron chi connectivity index (χ4n) is 2.72. The maximum Gasteiger partial charge on any atom is 0.191 e. The maximum atomic E-state index is 4.64. The second-order valence-corrected chi connectivity index (χ2v) is 6.87. The molecule has 9 heteroatoms. The van der Waals surface area contributed by atoms with Crippen molar-refractivity contribution < 1.29 is 0 Å². The van der Waals surface area contributed by atoms with Crippen molar-refractivity contribution in [2.45, 2.75) is 53.2 Å². The Balaban J connectivity index is 0.00000208. The second kappa shape index (κ2) is 8.75. The molecule has 2 N–H and O–H groups in total. The molecule has 3 heterocycles.